The van der Waals surface area contributed by atoms with Gasteiger partial charge in [-0.15, -0.1) is 0 Å². The fourth-order valence-electron chi connectivity index (χ4n) is 1.41. The number of nitrogens with one attached hydrogen (secondary N) is 2. The minimum Gasteiger partial charge on any atom is -0.496 e. The molecule has 17 heavy (non-hydrogen) atoms. The minimum absolute atomic E-state index is 0.310. The molecule has 0 aliphatic carbocycles. The Morgan fingerprint density at radius 3 is 1.94 bits per heavy atom. The van der Waals surface area contributed by atoms with Crippen LogP contribution >= 0.6 is 0 Å². The Morgan fingerprint density at radius 1 is 1.06 bits per heavy atom. The number of carbonyl (C=O) groups excluding carboxylic acids is 1. The maximum Gasteiger partial charge on any atom is 0.272 e. The van der Waals surface area contributed by atoms with Crippen LogP contribution in [-0.2, 0) is 0 Å². The Hall–Kier alpha value is -1.95. The topological polar surface area (TPSA) is 68.8 Å². The van der Waals surface area contributed by atoms with Crippen LogP contribution in [0, 0.1) is 0 Å². The third kappa shape index (κ3) is 2.79. The summed E-state index contributed by atoms with van der Waals surface area (Å²) < 4.78 is 15.4. The smallest absolute Gasteiger partial charge is 0.272 e. The molecule has 0 aliphatic heterocycles. The zero-order valence-corrected chi connectivity index (χ0v) is 10.3. The van der Waals surface area contributed by atoms with Crippen LogP contribution < -0.4 is 25.1 Å². The van der Waals surface area contributed by atoms with Gasteiger partial charge in [0.15, 0.2) is 0 Å². The summed E-state index contributed by atoms with van der Waals surface area (Å²) in [7, 11) is 6.08. The Bertz CT molecular complexity index is 381. The Kier molecular flexibility index (Phi) is 4.59. The largest absolute Gasteiger partial charge is 0.496 e. The Balaban J connectivity index is 3.29. The van der Waals surface area contributed by atoms with Crippen LogP contribution in [0.3, 0.4) is 0 Å². The van der Waals surface area contributed by atoms with Crippen molar-refractivity contribution in [3.05, 3.63) is 17.7 Å². The van der Waals surface area contributed by atoms with Crippen LogP contribution in [0.5, 0.6) is 17.2 Å². The maximum absolute atomic E-state index is 11.8. The molecule has 0 radical (unpaired) electrons. The van der Waals surface area contributed by atoms with Crippen LogP contribution in [0.15, 0.2) is 12.1 Å². The fourth-order valence-corrected chi connectivity index (χ4v) is 1.41. The second-order valence-corrected chi connectivity index (χ2v) is 3.11. The number of hydrazine groups is 1. The van der Waals surface area contributed by atoms with Gasteiger partial charge < -0.3 is 14.2 Å². The third-order valence-electron chi connectivity index (χ3n) is 2.18. The number of hydrogen-bond donors (Lipinski definition) is 2. The number of amides is 1. The van der Waals surface area contributed by atoms with E-state index in [1.54, 1.807) is 19.2 Å². The summed E-state index contributed by atoms with van der Waals surface area (Å²) in [6.45, 7) is 0. The van der Waals surface area contributed by atoms with E-state index in [4.69, 9.17) is 14.2 Å². The highest BCUT2D eigenvalue weighted by molar-refractivity contribution is 5.99. The van der Waals surface area contributed by atoms with Crippen molar-refractivity contribution in [2.45, 2.75) is 0 Å². The third-order valence-corrected chi connectivity index (χ3v) is 2.18. The van der Waals surface area contributed by atoms with Gasteiger partial charge in [0.25, 0.3) is 5.91 Å². The Labute approximate surface area is 99.8 Å². The zero-order chi connectivity index (χ0) is 12.8. The number of methoxy groups -OCH3 is 3. The molecular weight excluding hydrogens is 224 g/mol. The van der Waals surface area contributed by atoms with E-state index < -0.39 is 0 Å². The van der Waals surface area contributed by atoms with E-state index >= 15 is 0 Å². The van der Waals surface area contributed by atoms with Crippen molar-refractivity contribution in [1.82, 2.24) is 10.9 Å². The number of carbonyl (C=O) groups is 1. The average molecular weight is 240 g/mol. The standard InChI is InChI=1S/C11H16N2O4/c1-12-13-11(14)10-8(16-3)5-7(15-2)6-9(10)17-4/h5-6,12H,1-4H3,(H,13,14). The van der Waals surface area contributed by atoms with Gasteiger partial charge in [-0.3, -0.25) is 10.2 Å². The second kappa shape index (κ2) is 5.95. The van der Waals surface area contributed by atoms with Crippen LogP contribution in [-0.4, -0.2) is 34.3 Å². The number of rotatable bonds is 5. The highest BCUT2D eigenvalue weighted by Crippen LogP contribution is 2.33. The first-order chi connectivity index (χ1) is 8.17. The minimum atomic E-state index is -0.344. The first-order valence-electron chi connectivity index (χ1n) is 4.95. The van der Waals surface area contributed by atoms with Crippen LogP contribution in [0.4, 0.5) is 0 Å². The molecule has 0 unspecified atom stereocenters. The summed E-state index contributed by atoms with van der Waals surface area (Å²) in [5.41, 5.74) is 5.32. The lowest BCUT2D eigenvalue weighted by molar-refractivity contribution is 0.0931. The quantitative estimate of drug-likeness (QED) is 0.737. The van der Waals surface area contributed by atoms with Gasteiger partial charge in [0, 0.05) is 19.2 Å². The zero-order valence-electron chi connectivity index (χ0n) is 10.3. The molecule has 0 atom stereocenters. The van der Waals surface area contributed by atoms with Crippen molar-refractivity contribution in [1.29, 1.82) is 0 Å². The monoisotopic (exact) mass is 240 g/mol. The van der Waals surface area contributed by atoms with Crippen molar-refractivity contribution < 1.29 is 19.0 Å². The van der Waals surface area contributed by atoms with Gasteiger partial charge in [0.2, 0.25) is 0 Å². The second-order valence-electron chi connectivity index (χ2n) is 3.11. The van der Waals surface area contributed by atoms with Crippen molar-refractivity contribution in [2.24, 2.45) is 0 Å². The molecule has 6 heteroatoms. The predicted molar refractivity (Wildman–Crippen MR) is 62.6 cm³/mol. The number of ether oxygens (including phenoxy) is 3. The molecule has 1 aromatic rings. The van der Waals surface area contributed by atoms with Gasteiger partial charge in [-0.2, -0.15) is 0 Å². The predicted octanol–water partition coefficient (Wildman–Crippen LogP) is 0.577. The van der Waals surface area contributed by atoms with Crippen LogP contribution in [0.1, 0.15) is 10.4 Å². The van der Waals surface area contributed by atoms with Gasteiger partial charge in [0.05, 0.1) is 21.3 Å². The molecule has 0 aliphatic rings. The molecule has 0 aromatic heterocycles. The molecule has 0 spiro atoms. The van der Waals surface area contributed by atoms with Crippen molar-refractivity contribution in [3.8, 4) is 17.2 Å². The van der Waals surface area contributed by atoms with E-state index in [9.17, 15) is 4.79 Å². The molecule has 1 aromatic carbocycles. The van der Waals surface area contributed by atoms with E-state index in [1.807, 2.05) is 0 Å². The molecule has 0 bridgehead atoms. The molecule has 1 amide bonds. The van der Waals surface area contributed by atoms with Crippen molar-refractivity contribution in [3.63, 3.8) is 0 Å². The van der Waals surface area contributed by atoms with E-state index in [0.717, 1.165) is 0 Å². The molecule has 0 saturated carbocycles. The number of hydrogen-bond acceptors (Lipinski definition) is 5. The molecule has 1 rings (SSSR count). The van der Waals surface area contributed by atoms with Gasteiger partial charge in [-0.1, -0.05) is 0 Å². The molecule has 0 fully saturated rings. The van der Waals surface area contributed by atoms with E-state index in [-0.39, 0.29) is 5.91 Å². The van der Waals surface area contributed by atoms with Crippen LogP contribution in [0.25, 0.3) is 0 Å². The normalized spacial score (nSPS) is 9.65. The first kappa shape index (κ1) is 13.1. The van der Waals surface area contributed by atoms with E-state index in [1.165, 1.54) is 21.3 Å². The lowest BCUT2D eigenvalue weighted by Gasteiger charge is -2.14. The maximum atomic E-state index is 11.8. The summed E-state index contributed by atoms with van der Waals surface area (Å²) >= 11 is 0. The van der Waals surface area contributed by atoms with E-state index in [0.29, 0.717) is 22.8 Å². The lowest BCUT2D eigenvalue weighted by atomic mass is 10.1. The van der Waals surface area contributed by atoms with Gasteiger partial charge in [0.1, 0.15) is 22.8 Å². The molecule has 0 saturated heterocycles. The molecular formula is C11H16N2O4. The van der Waals surface area contributed by atoms with Crippen molar-refractivity contribution >= 4 is 5.91 Å². The first-order valence-corrected chi connectivity index (χ1v) is 4.95. The highest BCUT2D eigenvalue weighted by Gasteiger charge is 2.19. The summed E-state index contributed by atoms with van der Waals surface area (Å²) in [6, 6.07) is 3.24. The Morgan fingerprint density at radius 2 is 1.59 bits per heavy atom. The SMILES string of the molecule is CNNC(=O)c1c(OC)cc(OC)cc1OC. The van der Waals surface area contributed by atoms with Gasteiger partial charge in [-0.05, 0) is 0 Å². The van der Waals surface area contributed by atoms with Gasteiger partial charge >= 0.3 is 0 Å². The summed E-state index contributed by atoms with van der Waals surface area (Å²) in [4.78, 5) is 11.8. The van der Waals surface area contributed by atoms with Gasteiger partial charge in [-0.25, -0.2) is 5.43 Å². The highest BCUT2D eigenvalue weighted by atomic mass is 16.5. The molecule has 6 nitrogen and oxygen atoms in total. The summed E-state index contributed by atoms with van der Waals surface area (Å²) in [5, 5.41) is 0. The van der Waals surface area contributed by atoms with Crippen molar-refractivity contribution in [2.75, 3.05) is 28.4 Å². The van der Waals surface area contributed by atoms with E-state index in [2.05, 4.69) is 10.9 Å². The lowest BCUT2D eigenvalue weighted by Crippen LogP contribution is -2.34. The summed E-state index contributed by atoms with van der Waals surface area (Å²) in [6.07, 6.45) is 0. The fraction of sp³-hybridized carbons (Fsp3) is 0.364. The molecule has 2 N–H and O–H groups in total. The number of benzene rings is 1. The summed E-state index contributed by atoms with van der Waals surface area (Å²) in [5.74, 6) is 0.978. The molecule has 94 valence electrons. The molecule has 0 heterocycles. The average Bonchev–Trinajstić information content (AvgIpc) is 2.37. The van der Waals surface area contributed by atoms with Crippen LogP contribution in [0.2, 0.25) is 0 Å².